The Morgan fingerprint density at radius 2 is 1.96 bits per heavy atom. The van der Waals surface area contributed by atoms with Crippen LogP contribution < -0.4 is 9.64 Å². The van der Waals surface area contributed by atoms with Crippen LogP contribution in [0, 0.1) is 31.1 Å². The van der Waals surface area contributed by atoms with E-state index < -0.39 is 0 Å². The number of piperidine rings is 1. The van der Waals surface area contributed by atoms with Crippen LogP contribution >= 0.6 is 15.9 Å². The van der Waals surface area contributed by atoms with E-state index in [0.717, 1.165) is 47.5 Å². The van der Waals surface area contributed by atoms with Gasteiger partial charge in [0, 0.05) is 31.2 Å². The zero-order valence-corrected chi connectivity index (χ0v) is 16.0. The lowest BCUT2D eigenvalue weighted by atomic mass is 9.97. The van der Waals surface area contributed by atoms with Crippen molar-refractivity contribution in [3.05, 3.63) is 39.8 Å². The van der Waals surface area contributed by atoms with Gasteiger partial charge in [0.2, 0.25) is 0 Å². The molecule has 1 fully saturated rings. The summed E-state index contributed by atoms with van der Waals surface area (Å²) in [5.74, 6) is 1.27. The lowest BCUT2D eigenvalue weighted by molar-refractivity contribution is 0.208. The Morgan fingerprint density at radius 3 is 2.60 bits per heavy atom. The predicted octanol–water partition coefficient (Wildman–Crippen LogP) is 3.42. The Hall–Kier alpha value is -2.20. The van der Waals surface area contributed by atoms with E-state index in [9.17, 15) is 5.26 Å². The molecule has 0 saturated carbocycles. The van der Waals surface area contributed by atoms with Crippen LogP contribution in [0.15, 0.2) is 22.9 Å². The molecule has 1 aliphatic heterocycles. The minimum atomic E-state index is 0.411. The molecule has 130 valence electrons. The lowest BCUT2D eigenvalue weighted by Gasteiger charge is -2.33. The summed E-state index contributed by atoms with van der Waals surface area (Å²) in [5.41, 5.74) is 2.62. The smallest absolute Gasteiger partial charge is 0.316 e. The average molecular weight is 402 g/mol. The quantitative estimate of drug-likeness (QED) is 0.780. The molecule has 2 aromatic heterocycles. The monoisotopic (exact) mass is 401 g/mol. The predicted molar refractivity (Wildman–Crippen MR) is 98.6 cm³/mol. The van der Waals surface area contributed by atoms with Gasteiger partial charge in [-0.3, -0.25) is 0 Å². The molecular formula is C18H20BrN5O. The fourth-order valence-corrected chi connectivity index (χ4v) is 3.27. The van der Waals surface area contributed by atoms with Crippen LogP contribution in [0.2, 0.25) is 0 Å². The van der Waals surface area contributed by atoms with Crippen LogP contribution in [0.3, 0.4) is 0 Å². The van der Waals surface area contributed by atoms with Crippen molar-refractivity contribution in [2.45, 2.75) is 26.7 Å². The number of rotatable bonds is 4. The Balaban J connectivity index is 1.59. The van der Waals surface area contributed by atoms with Crippen molar-refractivity contribution < 1.29 is 4.74 Å². The number of aryl methyl sites for hydroxylation is 2. The average Bonchev–Trinajstić information content (AvgIpc) is 2.61. The van der Waals surface area contributed by atoms with Crippen molar-refractivity contribution in [3.63, 3.8) is 0 Å². The summed E-state index contributed by atoms with van der Waals surface area (Å²) in [4.78, 5) is 15.1. The van der Waals surface area contributed by atoms with Gasteiger partial charge in [-0.2, -0.15) is 5.26 Å². The molecule has 0 atom stereocenters. The maximum atomic E-state index is 9.45. The molecule has 25 heavy (non-hydrogen) atoms. The van der Waals surface area contributed by atoms with E-state index in [1.54, 1.807) is 12.4 Å². The van der Waals surface area contributed by atoms with Crippen LogP contribution in [0.5, 0.6) is 6.01 Å². The molecule has 0 aliphatic carbocycles. The van der Waals surface area contributed by atoms with Crippen molar-refractivity contribution >= 4 is 21.7 Å². The number of ether oxygens (including phenoxy) is 1. The summed E-state index contributed by atoms with van der Waals surface area (Å²) < 4.78 is 6.53. The lowest BCUT2D eigenvalue weighted by Crippen LogP contribution is -2.36. The second-order valence-corrected chi connectivity index (χ2v) is 7.23. The number of pyridine rings is 1. The summed E-state index contributed by atoms with van der Waals surface area (Å²) in [5, 5.41) is 9.45. The van der Waals surface area contributed by atoms with Gasteiger partial charge in [0.1, 0.15) is 11.9 Å². The molecule has 0 spiro atoms. The number of nitriles is 1. The van der Waals surface area contributed by atoms with Gasteiger partial charge in [-0.15, -0.1) is 0 Å². The van der Waals surface area contributed by atoms with Crippen molar-refractivity contribution in [3.8, 4) is 12.1 Å². The van der Waals surface area contributed by atoms with E-state index in [4.69, 9.17) is 4.74 Å². The topological polar surface area (TPSA) is 74.9 Å². The zero-order chi connectivity index (χ0) is 17.8. The first kappa shape index (κ1) is 17.6. The molecule has 3 heterocycles. The highest BCUT2D eigenvalue weighted by atomic mass is 79.9. The molecule has 1 aliphatic rings. The largest absolute Gasteiger partial charge is 0.463 e. The number of anilines is 1. The fourth-order valence-electron chi connectivity index (χ4n) is 3.06. The highest BCUT2D eigenvalue weighted by Crippen LogP contribution is 2.27. The van der Waals surface area contributed by atoms with E-state index in [1.807, 2.05) is 19.9 Å². The van der Waals surface area contributed by atoms with Gasteiger partial charge >= 0.3 is 6.01 Å². The fraction of sp³-hybridized carbons (Fsp3) is 0.444. The van der Waals surface area contributed by atoms with Crippen molar-refractivity contribution in [2.75, 3.05) is 24.6 Å². The van der Waals surface area contributed by atoms with Gasteiger partial charge < -0.3 is 9.64 Å². The van der Waals surface area contributed by atoms with Crippen molar-refractivity contribution in [2.24, 2.45) is 5.92 Å². The molecular weight excluding hydrogens is 382 g/mol. The summed E-state index contributed by atoms with van der Waals surface area (Å²) in [7, 11) is 0. The van der Waals surface area contributed by atoms with Gasteiger partial charge in [-0.05, 0) is 60.2 Å². The summed E-state index contributed by atoms with van der Waals surface area (Å²) in [6.45, 7) is 6.30. The summed E-state index contributed by atoms with van der Waals surface area (Å²) in [6.07, 6.45) is 5.35. The Labute approximate surface area is 156 Å². The first-order valence-electron chi connectivity index (χ1n) is 8.30. The molecule has 0 amide bonds. The van der Waals surface area contributed by atoms with E-state index >= 15 is 0 Å². The van der Waals surface area contributed by atoms with Gasteiger partial charge in [0.05, 0.1) is 16.6 Å². The summed E-state index contributed by atoms with van der Waals surface area (Å²) in [6, 6.07) is 4.67. The third-order valence-corrected chi connectivity index (χ3v) is 4.81. The van der Waals surface area contributed by atoms with Gasteiger partial charge in [-0.1, -0.05) is 0 Å². The Kier molecular flexibility index (Phi) is 5.49. The summed E-state index contributed by atoms with van der Waals surface area (Å²) >= 11 is 3.31. The molecule has 0 bridgehead atoms. The molecule has 0 aromatic carbocycles. The van der Waals surface area contributed by atoms with Gasteiger partial charge in [0.15, 0.2) is 0 Å². The van der Waals surface area contributed by atoms with Crippen LogP contribution in [-0.4, -0.2) is 34.6 Å². The number of halogens is 1. The number of nitrogens with zero attached hydrogens (tertiary/aromatic N) is 5. The van der Waals surface area contributed by atoms with E-state index in [1.165, 1.54) is 0 Å². The van der Waals surface area contributed by atoms with E-state index in [2.05, 4.69) is 41.9 Å². The molecule has 6 nitrogen and oxygen atoms in total. The molecule has 0 N–H and O–H groups in total. The van der Waals surface area contributed by atoms with Gasteiger partial charge in [0.25, 0.3) is 0 Å². The standard InChI is InChI=1S/C18H20BrN5O/c1-12-7-13(2)23-17(16(12)8-20)24-5-3-14(4-6-24)11-25-18-21-9-15(19)10-22-18/h7,9-10,14H,3-6,11H2,1-2H3. The van der Waals surface area contributed by atoms with Crippen LogP contribution in [0.1, 0.15) is 29.7 Å². The highest BCUT2D eigenvalue weighted by Gasteiger charge is 2.23. The molecule has 1 saturated heterocycles. The van der Waals surface area contributed by atoms with Crippen LogP contribution in [0.25, 0.3) is 0 Å². The van der Waals surface area contributed by atoms with E-state index in [-0.39, 0.29) is 0 Å². The minimum absolute atomic E-state index is 0.411. The van der Waals surface area contributed by atoms with Crippen LogP contribution in [-0.2, 0) is 0 Å². The molecule has 3 rings (SSSR count). The number of aromatic nitrogens is 3. The SMILES string of the molecule is Cc1cc(C)c(C#N)c(N2CCC(COc3ncc(Br)cn3)CC2)n1. The first-order valence-corrected chi connectivity index (χ1v) is 9.09. The highest BCUT2D eigenvalue weighted by molar-refractivity contribution is 9.10. The van der Waals surface area contributed by atoms with Crippen LogP contribution in [0.4, 0.5) is 5.82 Å². The Morgan fingerprint density at radius 1 is 1.28 bits per heavy atom. The van der Waals surface area contributed by atoms with Crippen molar-refractivity contribution in [1.82, 2.24) is 15.0 Å². The third kappa shape index (κ3) is 4.26. The second kappa shape index (κ2) is 7.79. The minimum Gasteiger partial charge on any atom is -0.463 e. The molecule has 7 heteroatoms. The number of hydrogen-bond donors (Lipinski definition) is 0. The van der Waals surface area contributed by atoms with Gasteiger partial charge in [-0.25, -0.2) is 15.0 Å². The second-order valence-electron chi connectivity index (χ2n) is 6.32. The van der Waals surface area contributed by atoms with E-state index in [0.29, 0.717) is 24.1 Å². The Bertz CT molecular complexity index is 779. The normalized spacial score (nSPS) is 15.0. The zero-order valence-electron chi connectivity index (χ0n) is 14.4. The maximum absolute atomic E-state index is 9.45. The molecule has 0 unspecified atom stereocenters. The number of hydrogen-bond acceptors (Lipinski definition) is 6. The third-order valence-electron chi connectivity index (χ3n) is 4.40. The molecule has 2 aromatic rings. The van der Waals surface area contributed by atoms with Crippen molar-refractivity contribution in [1.29, 1.82) is 5.26 Å². The molecule has 0 radical (unpaired) electrons. The first-order chi connectivity index (χ1) is 12.1. The maximum Gasteiger partial charge on any atom is 0.316 e.